The van der Waals surface area contributed by atoms with Crippen molar-refractivity contribution in [1.29, 1.82) is 0 Å². The Morgan fingerprint density at radius 3 is 2.54 bits per heavy atom. The fourth-order valence-electron chi connectivity index (χ4n) is 3.89. The Morgan fingerprint density at radius 2 is 1.89 bits per heavy atom. The van der Waals surface area contributed by atoms with E-state index in [1.54, 1.807) is 44.6 Å². The molecular formula is C25H25F2N5O3. The maximum absolute atomic E-state index is 12.9. The van der Waals surface area contributed by atoms with Gasteiger partial charge in [-0.1, -0.05) is 18.2 Å². The first kappa shape index (κ1) is 24.1. The lowest BCUT2D eigenvalue weighted by Gasteiger charge is -2.21. The number of aryl methyl sites for hydroxylation is 2. The first-order chi connectivity index (χ1) is 16.7. The first-order valence-corrected chi connectivity index (χ1v) is 10.9. The van der Waals surface area contributed by atoms with Crippen LogP contribution in [0.15, 0.2) is 48.9 Å². The normalized spacial score (nSPS) is 12.2. The number of aromatic nitrogens is 4. The number of pyridine rings is 1. The minimum atomic E-state index is -2.91. The van der Waals surface area contributed by atoms with Crippen molar-refractivity contribution in [3.8, 4) is 16.9 Å². The second kappa shape index (κ2) is 9.65. The number of hydrogen-bond donors (Lipinski definition) is 1. The van der Waals surface area contributed by atoms with Gasteiger partial charge in [0.15, 0.2) is 0 Å². The standard InChI is InChI=1S/C25H25F2N5O3/c1-14-9-22-30-15(2)20(10-17-7-5-6-8-21(17)35-24(26)27)32(22)13-19(14)18-11-28-25(29-12-18)31(4)16(3)23(33)34/h5-9,11-13,16,24H,10H2,1-4H3,(H,33,34)/t16-/m0/s1. The number of anilines is 1. The Bertz CT molecular complexity index is 1370. The van der Waals surface area contributed by atoms with Crippen molar-refractivity contribution in [1.82, 2.24) is 19.4 Å². The van der Waals surface area contributed by atoms with E-state index in [0.717, 1.165) is 33.7 Å². The number of aliphatic carboxylic acids is 1. The SMILES string of the molecule is Cc1cc2nc(C)c(Cc3ccccc3OC(F)F)n2cc1-c1cnc(N(C)[C@@H](C)C(=O)O)nc1. The van der Waals surface area contributed by atoms with Crippen molar-refractivity contribution in [2.75, 3.05) is 11.9 Å². The number of imidazole rings is 1. The third-order valence-corrected chi connectivity index (χ3v) is 6.02. The van der Waals surface area contributed by atoms with Crippen LogP contribution < -0.4 is 9.64 Å². The van der Waals surface area contributed by atoms with Gasteiger partial charge in [0.1, 0.15) is 17.4 Å². The summed E-state index contributed by atoms with van der Waals surface area (Å²) in [6, 6.07) is 7.89. The van der Waals surface area contributed by atoms with E-state index in [4.69, 9.17) is 4.74 Å². The Balaban J connectivity index is 1.71. The lowest BCUT2D eigenvalue weighted by atomic mass is 10.1. The highest BCUT2D eigenvalue weighted by Gasteiger charge is 2.20. The van der Waals surface area contributed by atoms with Gasteiger partial charge < -0.3 is 19.1 Å². The predicted molar refractivity (Wildman–Crippen MR) is 127 cm³/mol. The number of hydrogen-bond acceptors (Lipinski definition) is 6. The zero-order valence-corrected chi connectivity index (χ0v) is 19.7. The molecule has 0 aliphatic rings. The van der Waals surface area contributed by atoms with E-state index in [9.17, 15) is 18.7 Å². The zero-order chi connectivity index (χ0) is 25.3. The second-order valence-electron chi connectivity index (χ2n) is 8.30. The quantitative estimate of drug-likeness (QED) is 0.396. The molecule has 1 aromatic carbocycles. The van der Waals surface area contributed by atoms with Gasteiger partial charge in [-0.25, -0.2) is 19.7 Å². The van der Waals surface area contributed by atoms with E-state index in [2.05, 4.69) is 15.0 Å². The summed E-state index contributed by atoms with van der Waals surface area (Å²) in [7, 11) is 1.63. The summed E-state index contributed by atoms with van der Waals surface area (Å²) >= 11 is 0. The molecular weight excluding hydrogens is 456 g/mol. The predicted octanol–water partition coefficient (Wildman–Crippen LogP) is 4.51. The fraction of sp³-hybridized carbons (Fsp3) is 0.280. The van der Waals surface area contributed by atoms with Crippen molar-refractivity contribution in [2.24, 2.45) is 0 Å². The summed E-state index contributed by atoms with van der Waals surface area (Å²) in [6.45, 7) is 2.49. The van der Waals surface area contributed by atoms with Crippen molar-refractivity contribution >= 4 is 17.6 Å². The number of carbonyl (C=O) groups is 1. The van der Waals surface area contributed by atoms with Crippen LogP contribution in [0, 0.1) is 13.8 Å². The van der Waals surface area contributed by atoms with Crippen LogP contribution in [0.5, 0.6) is 5.75 Å². The molecule has 3 aromatic heterocycles. The molecule has 1 N–H and O–H groups in total. The summed E-state index contributed by atoms with van der Waals surface area (Å²) in [5, 5.41) is 9.23. The summed E-state index contributed by atoms with van der Waals surface area (Å²) in [6.07, 6.45) is 5.58. The molecule has 3 heterocycles. The van der Waals surface area contributed by atoms with Gasteiger partial charge in [0.05, 0.1) is 5.69 Å². The summed E-state index contributed by atoms with van der Waals surface area (Å²) in [5.41, 5.74) is 5.57. The Hall–Kier alpha value is -4.08. The third kappa shape index (κ3) is 4.91. The Morgan fingerprint density at radius 1 is 1.20 bits per heavy atom. The molecule has 8 nitrogen and oxygen atoms in total. The summed E-state index contributed by atoms with van der Waals surface area (Å²) in [5.74, 6) is -0.532. The van der Waals surface area contributed by atoms with Gasteiger partial charge in [0.2, 0.25) is 5.95 Å². The van der Waals surface area contributed by atoms with Gasteiger partial charge >= 0.3 is 12.6 Å². The highest BCUT2D eigenvalue weighted by Crippen LogP contribution is 2.29. The minimum absolute atomic E-state index is 0.132. The zero-order valence-electron chi connectivity index (χ0n) is 19.7. The highest BCUT2D eigenvalue weighted by atomic mass is 19.3. The summed E-state index contributed by atoms with van der Waals surface area (Å²) in [4.78, 5) is 26.1. The van der Waals surface area contributed by atoms with Crippen LogP contribution in [0.25, 0.3) is 16.8 Å². The molecule has 10 heteroatoms. The number of nitrogens with zero attached hydrogens (tertiary/aromatic N) is 5. The van der Waals surface area contributed by atoms with Crippen LogP contribution in [-0.2, 0) is 11.2 Å². The molecule has 35 heavy (non-hydrogen) atoms. The van der Waals surface area contributed by atoms with Crippen LogP contribution in [-0.4, -0.2) is 50.1 Å². The number of halogens is 2. The molecule has 4 rings (SSSR count). The molecule has 0 spiro atoms. The topological polar surface area (TPSA) is 92.9 Å². The van der Waals surface area contributed by atoms with Gasteiger partial charge in [-0.05, 0) is 38.5 Å². The number of para-hydroxylation sites is 1. The first-order valence-electron chi connectivity index (χ1n) is 10.9. The third-order valence-electron chi connectivity index (χ3n) is 6.02. The number of ether oxygens (including phenoxy) is 1. The van der Waals surface area contributed by atoms with Crippen LogP contribution in [0.2, 0.25) is 0 Å². The largest absolute Gasteiger partial charge is 0.480 e. The molecule has 0 aliphatic heterocycles. The van der Waals surface area contributed by atoms with E-state index in [-0.39, 0.29) is 5.75 Å². The Kier molecular flexibility index (Phi) is 6.63. The van der Waals surface area contributed by atoms with E-state index in [0.29, 0.717) is 17.9 Å². The van der Waals surface area contributed by atoms with Crippen molar-refractivity contribution in [2.45, 2.75) is 39.8 Å². The van der Waals surface area contributed by atoms with Gasteiger partial charge in [-0.2, -0.15) is 8.78 Å². The highest BCUT2D eigenvalue weighted by molar-refractivity contribution is 5.76. The molecule has 0 fully saturated rings. The number of likely N-dealkylation sites (N-methyl/N-ethyl adjacent to an activating group) is 1. The van der Waals surface area contributed by atoms with Crippen LogP contribution in [0.3, 0.4) is 0 Å². The monoisotopic (exact) mass is 481 g/mol. The van der Waals surface area contributed by atoms with E-state index in [1.165, 1.54) is 11.0 Å². The molecule has 182 valence electrons. The Labute approximate surface area is 200 Å². The smallest absolute Gasteiger partial charge is 0.387 e. The van der Waals surface area contributed by atoms with Crippen molar-refractivity contribution < 1.29 is 23.4 Å². The number of fused-ring (bicyclic) bond motifs is 1. The van der Waals surface area contributed by atoms with E-state index >= 15 is 0 Å². The molecule has 0 saturated heterocycles. The molecule has 0 amide bonds. The van der Waals surface area contributed by atoms with Crippen molar-refractivity contribution in [3.05, 3.63) is 71.4 Å². The van der Waals surface area contributed by atoms with E-state index in [1.807, 2.05) is 30.5 Å². The van der Waals surface area contributed by atoms with Gasteiger partial charge in [0.25, 0.3) is 0 Å². The van der Waals surface area contributed by atoms with Crippen LogP contribution in [0.1, 0.15) is 29.4 Å². The number of rotatable bonds is 8. The van der Waals surface area contributed by atoms with E-state index < -0.39 is 18.6 Å². The summed E-state index contributed by atoms with van der Waals surface area (Å²) < 4.78 is 32.4. The average Bonchev–Trinajstić information content (AvgIpc) is 3.12. The molecule has 0 bridgehead atoms. The number of benzene rings is 1. The lowest BCUT2D eigenvalue weighted by Crippen LogP contribution is -2.36. The molecule has 1 atom stereocenters. The van der Waals surface area contributed by atoms with Crippen molar-refractivity contribution in [3.63, 3.8) is 0 Å². The molecule has 0 unspecified atom stereocenters. The number of carboxylic acid groups (broad SMARTS) is 1. The van der Waals surface area contributed by atoms with Crippen LogP contribution in [0.4, 0.5) is 14.7 Å². The lowest BCUT2D eigenvalue weighted by molar-refractivity contribution is -0.138. The van der Waals surface area contributed by atoms with Gasteiger partial charge in [-0.3, -0.25) is 0 Å². The minimum Gasteiger partial charge on any atom is -0.480 e. The molecule has 0 radical (unpaired) electrons. The molecule has 4 aromatic rings. The maximum Gasteiger partial charge on any atom is 0.387 e. The average molecular weight is 482 g/mol. The number of carboxylic acids is 1. The molecule has 0 saturated carbocycles. The van der Waals surface area contributed by atoms with Gasteiger partial charge in [0, 0.05) is 54.4 Å². The van der Waals surface area contributed by atoms with Crippen LogP contribution >= 0.6 is 0 Å². The fourth-order valence-corrected chi connectivity index (χ4v) is 3.89. The maximum atomic E-state index is 12.9. The molecule has 0 aliphatic carbocycles. The number of alkyl halides is 2. The van der Waals surface area contributed by atoms with Gasteiger partial charge in [-0.15, -0.1) is 0 Å². The second-order valence-corrected chi connectivity index (χ2v) is 8.30.